The van der Waals surface area contributed by atoms with Crippen LogP contribution in [0.2, 0.25) is 0 Å². The fraction of sp³-hybridized carbons (Fsp3) is 0.636. The van der Waals surface area contributed by atoms with Gasteiger partial charge in [0.05, 0.1) is 5.69 Å². The van der Waals surface area contributed by atoms with Gasteiger partial charge in [-0.3, -0.25) is 4.79 Å². The van der Waals surface area contributed by atoms with Gasteiger partial charge in [-0.25, -0.2) is 4.98 Å². The summed E-state index contributed by atoms with van der Waals surface area (Å²) < 4.78 is 0. The molecule has 2 heterocycles. The van der Waals surface area contributed by atoms with Gasteiger partial charge in [-0.15, -0.1) is 23.7 Å². The van der Waals surface area contributed by atoms with Crippen molar-refractivity contribution < 1.29 is 4.79 Å². The molecule has 0 saturated carbocycles. The zero-order valence-corrected chi connectivity index (χ0v) is 11.5. The summed E-state index contributed by atoms with van der Waals surface area (Å²) in [5.74, 6) is 0.0723. The maximum atomic E-state index is 11.6. The van der Waals surface area contributed by atoms with Gasteiger partial charge in [-0.2, -0.15) is 0 Å². The van der Waals surface area contributed by atoms with Crippen molar-refractivity contribution in [3.8, 4) is 0 Å². The third-order valence-electron chi connectivity index (χ3n) is 2.75. The van der Waals surface area contributed by atoms with E-state index in [1.807, 2.05) is 12.3 Å². The second-order valence-electron chi connectivity index (χ2n) is 4.17. The number of rotatable bonds is 4. The minimum atomic E-state index is 0. The van der Waals surface area contributed by atoms with E-state index in [4.69, 9.17) is 0 Å². The molecule has 1 fully saturated rings. The van der Waals surface area contributed by atoms with Crippen LogP contribution >= 0.6 is 23.7 Å². The molecule has 6 heteroatoms. The van der Waals surface area contributed by atoms with E-state index in [9.17, 15) is 4.79 Å². The lowest BCUT2D eigenvalue weighted by Gasteiger charge is -2.08. The Morgan fingerprint density at radius 1 is 1.71 bits per heavy atom. The molecule has 1 aromatic heterocycles. The molecule has 4 nitrogen and oxygen atoms in total. The fourth-order valence-corrected chi connectivity index (χ4v) is 2.61. The molecule has 17 heavy (non-hydrogen) atoms. The molecule has 0 radical (unpaired) electrons. The Balaban J connectivity index is 0.00000144. The first-order chi connectivity index (χ1) is 7.74. The average molecular weight is 276 g/mol. The molecule has 0 aliphatic carbocycles. The molecular formula is C11H18ClN3OS. The number of thiazole rings is 1. The topological polar surface area (TPSA) is 54.0 Å². The van der Waals surface area contributed by atoms with Gasteiger partial charge in [-0.05, 0) is 32.7 Å². The summed E-state index contributed by atoms with van der Waals surface area (Å²) in [6.07, 6.45) is 3.94. The van der Waals surface area contributed by atoms with Gasteiger partial charge in [0.1, 0.15) is 0 Å². The van der Waals surface area contributed by atoms with E-state index >= 15 is 0 Å². The van der Waals surface area contributed by atoms with Crippen molar-refractivity contribution in [1.29, 1.82) is 0 Å². The van der Waals surface area contributed by atoms with Crippen molar-refractivity contribution in [3.63, 3.8) is 0 Å². The van der Waals surface area contributed by atoms with E-state index in [0.717, 1.165) is 18.7 Å². The predicted molar refractivity (Wildman–Crippen MR) is 73.0 cm³/mol. The summed E-state index contributed by atoms with van der Waals surface area (Å²) in [4.78, 5) is 15.8. The van der Waals surface area contributed by atoms with Crippen molar-refractivity contribution in [2.45, 2.75) is 38.6 Å². The van der Waals surface area contributed by atoms with Crippen molar-refractivity contribution in [1.82, 2.24) is 10.3 Å². The van der Waals surface area contributed by atoms with Gasteiger partial charge in [0, 0.05) is 17.8 Å². The van der Waals surface area contributed by atoms with Gasteiger partial charge in [0.25, 0.3) is 0 Å². The van der Waals surface area contributed by atoms with Crippen LogP contribution in [0, 0.1) is 6.92 Å². The fourth-order valence-electron chi connectivity index (χ4n) is 1.90. The number of nitrogens with one attached hydrogen (secondary N) is 2. The van der Waals surface area contributed by atoms with Crippen LogP contribution in [0.3, 0.4) is 0 Å². The van der Waals surface area contributed by atoms with E-state index < -0.39 is 0 Å². The van der Waals surface area contributed by atoms with Crippen LogP contribution in [-0.4, -0.2) is 23.5 Å². The molecule has 1 aliphatic heterocycles. The molecule has 1 aliphatic rings. The van der Waals surface area contributed by atoms with Crippen molar-refractivity contribution in [2.24, 2.45) is 0 Å². The summed E-state index contributed by atoms with van der Waals surface area (Å²) in [7, 11) is 0. The van der Waals surface area contributed by atoms with E-state index in [2.05, 4.69) is 15.6 Å². The van der Waals surface area contributed by atoms with Crippen LogP contribution < -0.4 is 10.6 Å². The smallest absolute Gasteiger partial charge is 0.226 e. The van der Waals surface area contributed by atoms with Crippen molar-refractivity contribution >= 4 is 34.8 Å². The minimum Gasteiger partial charge on any atom is -0.314 e. The van der Waals surface area contributed by atoms with E-state index in [1.54, 1.807) is 0 Å². The monoisotopic (exact) mass is 275 g/mol. The molecule has 96 valence electrons. The van der Waals surface area contributed by atoms with Crippen LogP contribution in [0.25, 0.3) is 0 Å². The second-order valence-corrected chi connectivity index (χ2v) is 5.03. The number of carbonyl (C=O) groups excluding carboxylic acids is 1. The summed E-state index contributed by atoms with van der Waals surface area (Å²) in [6.45, 7) is 3.02. The lowest BCUT2D eigenvalue weighted by atomic mass is 10.1. The Kier molecular flexibility index (Phi) is 5.88. The zero-order valence-electron chi connectivity index (χ0n) is 9.86. The largest absolute Gasteiger partial charge is 0.314 e. The number of halogens is 1. The summed E-state index contributed by atoms with van der Waals surface area (Å²) in [5.41, 5.74) is 0.956. The Morgan fingerprint density at radius 2 is 2.53 bits per heavy atom. The van der Waals surface area contributed by atoms with Gasteiger partial charge < -0.3 is 10.6 Å². The molecule has 2 N–H and O–H groups in total. The van der Waals surface area contributed by atoms with Gasteiger partial charge >= 0.3 is 0 Å². The molecule has 1 atom stereocenters. The first-order valence-electron chi connectivity index (χ1n) is 5.69. The number of carbonyl (C=O) groups is 1. The first kappa shape index (κ1) is 14.4. The van der Waals surface area contributed by atoms with Gasteiger partial charge in [-0.1, -0.05) is 0 Å². The molecule has 0 aromatic carbocycles. The highest BCUT2D eigenvalue weighted by molar-refractivity contribution is 7.13. The normalized spacial score (nSPS) is 18.8. The van der Waals surface area contributed by atoms with Crippen LogP contribution in [-0.2, 0) is 4.79 Å². The van der Waals surface area contributed by atoms with Crippen molar-refractivity contribution in [3.05, 3.63) is 11.1 Å². The van der Waals surface area contributed by atoms with Gasteiger partial charge in [0.2, 0.25) is 5.91 Å². The number of aryl methyl sites for hydroxylation is 1. The average Bonchev–Trinajstić information content (AvgIpc) is 2.87. The van der Waals surface area contributed by atoms with Crippen LogP contribution in [0.4, 0.5) is 5.13 Å². The highest BCUT2D eigenvalue weighted by Gasteiger charge is 2.15. The molecule has 1 aromatic rings. The number of hydrogen-bond donors (Lipinski definition) is 2. The molecule has 1 unspecified atom stereocenters. The molecule has 0 bridgehead atoms. The third-order valence-corrected chi connectivity index (χ3v) is 3.62. The predicted octanol–water partition coefficient (Wildman–Crippen LogP) is 2.34. The number of amides is 1. The lowest BCUT2D eigenvalue weighted by Crippen LogP contribution is -2.23. The standard InChI is InChI=1S/C11H17N3OS.ClH/c1-8-7-16-11(13-8)14-10(15)5-4-9-3-2-6-12-9;/h7,9,12H,2-6H2,1H3,(H,13,14,15);1H. The number of anilines is 1. The summed E-state index contributed by atoms with van der Waals surface area (Å²) in [5, 5.41) is 8.86. The lowest BCUT2D eigenvalue weighted by molar-refractivity contribution is -0.116. The molecule has 2 rings (SSSR count). The maximum absolute atomic E-state index is 11.6. The quantitative estimate of drug-likeness (QED) is 0.887. The highest BCUT2D eigenvalue weighted by Crippen LogP contribution is 2.16. The number of nitrogens with zero attached hydrogens (tertiary/aromatic N) is 1. The maximum Gasteiger partial charge on any atom is 0.226 e. The molecular weight excluding hydrogens is 258 g/mol. The second kappa shape index (κ2) is 6.93. The Hall–Kier alpha value is -0.650. The van der Waals surface area contributed by atoms with E-state index in [-0.39, 0.29) is 18.3 Å². The van der Waals surface area contributed by atoms with Crippen LogP contribution in [0.5, 0.6) is 0 Å². The molecule has 1 amide bonds. The van der Waals surface area contributed by atoms with Crippen LogP contribution in [0.1, 0.15) is 31.4 Å². The van der Waals surface area contributed by atoms with E-state index in [0.29, 0.717) is 17.6 Å². The Labute approximate surface area is 112 Å². The SMILES string of the molecule is Cc1csc(NC(=O)CCC2CCCN2)n1.Cl. The molecule has 1 saturated heterocycles. The highest BCUT2D eigenvalue weighted by atomic mass is 35.5. The van der Waals surface area contributed by atoms with Gasteiger partial charge in [0.15, 0.2) is 5.13 Å². The number of hydrogen-bond acceptors (Lipinski definition) is 4. The zero-order chi connectivity index (χ0) is 11.4. The van der Waals surface area contributed by atoms with E-state index in [1.165, 1.54) is 24.2 Å². The number of aromatic nitrogens is 1. The molecule has 0 spiro atoms. The first-order valence-corrected chi connectivity index (χ1v) is 6.57. The van der Waals surface area contributed by atoms with Crippen LogP contribution in [0.15, 0.2) is 5.38 Å². The third kappa shape index (κ3) is 4.61. The summed E-state index contributed by atoms with van der Waals surface area (Å²) >= 11 is 1.48. The minimum absolute atomic E-state index is 0. The Morgan fingerprint density at radius 3 is 3.12 bits per heavy atom. The Bertz CT molecular complexity index is 363. The van der Waals surface area contributed by atoms with Crippen molar-refractivity contribution in [2.75, 3.05) is 11.9 Å². The summed E-state index contributed by atoms with van der Waals surface area (Å²) in [6, 6.07) is 0.531.